The van der Waals surface area contributed by atoms with Gasteiger partial charge in [0.2, 0.25) is 0 Å². The molecule has 0 fully saturated rings. The average molecular weight is 256 g/mol. The number of ether oxygens (including phenoxy) is 2. The minimum Gasteiger partial charge on any atom is -0.493 e. The summed E-state index contributed by atoms with van der Waals surface area (Å²) in [5.74, 6) is 0.327. The Bertz CT molecular complexity index is 640. The Morgan fingerprint density at radius 3 is 2.67 bits per heavy atom. The molecular weight excluding hydrogens is 246 g/mol. The van der Waals surface area contributed by atoms with E-state index in [-0.39, 0.29) is 16.9 Å². The van der Waals surface area contributed by atoms with Gasteiger partial charge >= 0.3 is 6.61 Å². The molecule has 2 rings (SSSR count). The summed E-state index contributed by atoms with van der Waals surface area (Å²) in [4.78, 5) is 18.2. The zero-order valence-corrected chi connectivity index (χ0v) is 9.66. The van der Waals surface area contributed by atoms with Gasteiger partial charge in [0.05, 0.1) is 18.0 Å². The molecule has 0 saturated heterocycles. The number of nitrogens with zero attached hydrogens (tertiary/aromatic N) is 1. The Balaban J connectivity index is 2.69. The molecule has 0 unspecified atom stereocenters. The molecule has 0 aliphatic rings. The fourth-order valence-corrected chi connectivity index (χ4v) is 1.61. The van der Waals surface area contributed by atoms with Gasteiger partial charge in [0.25, 0.3) is 5.56 Å². The van der Waals surface area contributed by atoms with Gasteiger partial charge in [0, 0.05) is 6.07 Å². The molecule has 1 N–H and O–H groups in total. The van der Waals surface area contributed by atoms with Gasteiger partial charge < -0.3 is 14.5 Å². The van der Waals surface area contributed by atoms with E-state index in [0.717, 1.165) is 0 Å². The third-order valence-electron chi connectivity index (χ3n) is 2.33. The summed E-state index contributed by atoms with van der Waals surface area (Å²) >= 11 is 0. The van der Waals surface area contributed by atoms with Crippen LogP contribution in [0, 0.1) is 6.92 Å². The topological polar surface area (TPSA) is 64.2 Å². The monoisotopic (exact) mass is 256 g/mol. The van der Waals surface area contributed by atoms with Gasteiger partial charge in [-0.15, -0.1) is 0 Å². The highest BCUT2D eigenvalue weighted by molar-refractivity contribution is 5.81. The van der Waals surface area contributed by atoms with Gasteiger partial charge in [0.15, 0.2) is 11.5 Å². The molecule has 1 aromatic carbocycles. The molecule has 1 aromatic heterocycles. The van der Waals surface area contributed by atoms with Crippen molar-refractivity contribution in [2.24, 2.45) is 0 Å². The number of benzene rings is 1. The molecule has 0 aliphatic carbocycles. The molecule has 5 nitrogen and oxygen atoms in total. The van der Waals surface area contributed by atoms with E-state index in [1.54, 1.807) is 6.92 Å². The van der Waals surface area contributed by atoms with E-state index in [9.17, 15) is 13.6 Å². The second-order valence-electron chi connectivity index (χ2n) is 3.55. The van der Waals surface area contributed by atoms with Gasteiger partial charge in [-0.1, -0.05) is 0 Å². The highest BCUT2D eigenvalue weighted by Gasteiger charge is 2.14. The van der Waals surface area contributed by atoms with Crippen LogP contribution in [-0.2, 0) is 0 Å². The number of H-pyrrole nitrogens is 1. The van der Waals surface area contributed by atoms with Crippen molar-refractivity contribution in [2.45, 2.75) is 13.5 Å². The predicted octanol–water partition coefficient (Wildman–Crippen LogP) is 1.84. The molecule has 96 valence electrons. The standard InChI is InChI=1S/C11H10F2N2O3/c1-5-14-7-4-8(17-2)9(18-11(12)13)3-6(7)10(16)15-5/h3-4,11H,1-2H3,(H,14,15,16). The quantitative estimate of drug-likeness (QED) is 0.910. The molecule has 1 heterocycles. The van der Waals surface area contributed by atoms with E-state index in [4.69, 9.17) is 4.74 Å². The number of alkyl halides is 2. The Labute approximate surface area is 100 Å². The SMILES string of the molecule is COc1cc2nc(C)[nH]c(=O)c2cc1OC(F)F. The molecule has 0 saturated carbocycles. The van der Waals surface area contributed by atoms with Gasteiger partial charge in [0.1, 0.15) is 5.82 Å². The summed E-state index contributed by atoms with van der Waals surface area (Å²) in [6.45, 7) is -1.37. The van der Waals surface area contributed by atoms with Crippen molar-refractivity contribution in [3.8, 4) is 11.5 Å². The third-order valence-corrected chi connectivity index (χ3v) is 2.33. The zero-order chi connectivity index (χ0) is 13.3. The Kier molecular flexibility index (Phi) is 3.14. The minimum absolute atomic E-state index is 0.0975. The minimum atomic E-state index is -2.99. The molecule has 7 heteroatoms. The smallest absolute Gasteiger partial charge is 0.387 e. The lowest BCUT2D eigenvalue weighted by Gasteiger charge is -2.10. The highest BCUT2D eigenvalue weighted by Crippen LogP contribution is 2.31. The Hall–Kier alpha value is -2.18. The lowest BCUT2D eigenvalue weighted by Crippen LogP contribution is -2.11. The molecule has 0 aliphatic heterocycles. The van der Waals surface area contributed by atoms with Crippen molar-refractivity contribution in [3.63, 3.8) is 0 Å². The van der Waals surface area contributed by atoms with Gasteiger partial charge in [-0.3, -0.25) is 4.79 Å². The van der Waals surface area contributed by atoms with Crippen molar-refractivity contribution in [1.82, 2.24) is 9.97 Å². The van der Waals surface area contributed by atoms with Gasteiger partial charge in [-0.25, -0.2) is 4.98 Å². The number of halogens is 2. The number of aryl methyl sites for hydroxylation is 1. The number of rotatable bonds is 3. The summed E-state index contributed by atoms with van der Waals surface area (Å²) in [6, 6.07) is 2.57. The number of hydrogen-bond acceptors (Lipinski definition) is 4. The molecule has 0 spiro atoms. The first-order valence-electron chi connectivity index (χ1n) is 5.04. The number of fused-ring (bicyclic) bond motifs is 1. The van der Waals surface area contributed by atoms with E-state index in [0.29, 0.717) is 11.3 Å². The first-order valence-corrected chi connectivity index (χ1v) is 5.04. The molecule has 2 aromatic rings. The maximum atomic E-state index is 12.2. The summed E-state index contributed by atoms with van der Waals surface area (Å²) in [5.41, 5.74) is -0.0611. The number of aromatic nitrogens is 2. The van der Waals surface area contributed by atoms with Crippen LogP contribution in [0.2, 0.25) is 0 Å². The molecule has 0 amide bonds. The van der Waals surface area contributed by atoms with E-state index in [2.05, 4.69) is 14.7 Å². The lowest BCUT2D eigenvalue weighted by atomic mass is 10.2. The van der Waals surface area contributed by atoms with Crippen LogP contribution >= 0.6 is 0 Å². The van der Waals surface area contributed by atoms with E-state index in [1.165, 1.54) is 19.2 Å². The van der Waals surface area contributed by atoms with E-state index < -0.39 is 12.2 Å². The highest BCUT2D eigenvalue weighted by atomic mass is 19.3. The zero-order valence-electron chi connectivity index (χ0n) is 9.66. The summed E-state index contributed by atoms with van der Waals surface area (Å²) < 4.78 is 33.7. The van der Waals surface area contributed by atoms with E-state index >= 15 is 0 Å². The Morgan fingerprint density at radius 2 is 2.06 bits per heavy atom. The molecule has 18 heavy (non-hydrogen) atoms. The fourth-order valence-electron chi connectivity index (χ4n) is 1.61. The number of hydrogen-bond donors (Lipinski definition) is 1. The van der Waals surface area contributed by atoms with Crippen molar-refractivity contribution < 1.29 is 18.3 Å². The Morgan fingerprint density at radius 1 is 1.33 bits per heavy atom. The maximum absolute atomic E-state index is 12.2. The van der Waals surface area contributed by atoms with Gasteiger partial charge in [-0.2, -0.15) is 8.78 Å². The fraction of sp³-hybridized carbons (Fsp3) is 0.273. The van der Waals surface area contributed by atoms with Crippen LogP contribution in [-0.4, -0.2) is 23.7 Å². The normalized spacial score (nSPS) is 10.9. The van der Waals surface area contributed by atoms with Crippen LogP contribution in [0.4, 0.5) is 8.78 Å². The average Bonchev–Trinajstić information content (AvgIpc) is 2.28. The van der Waals surface area contributed by atoms with E-state index in [1.807, 2.05) is 0 Å². The molecular formula is C11H10F2N2O3. The molecule has 0 radical (unpaired) electrons. The molecule has 0 bridgehead atoms. The number of aromatic amines is 1. The second-order valence-corrected chi connectivity index (χ2v) is 3.55. The molecule has 0 atom stereocenters. The maximum Gasteiger partial charge on any atom is 0.387 e. The number of methoxy groups -OCH3 is 1. The summed E-state index contributed by atoms with van der Waals surface area (Å²) in [7, 11) is 1.32. The van der Waals surface area contributed by atoms with Crippen LogP contribution in [0.25, 0.3) is 10.9 Å². The first kappa shape index (κ1) is 12.3. The van der Waals surface area contributed by atoms with Gasteiger partial charge in [-0.05, 0) is 13.0 Å². The van der Waals surface area contributed by atoms with Crippen molar-refractivity contribution in [1.29, 1.82) is 0 Å². The van der Waals surface area contributed by atoms with Crippen LogP contribution in [0.3, 0.4) is 0 Å². The van der Waals surface area contributed by atoms with Crippen LogP contribution < -0.4 is 15.0 Å². The third kappa shape index (κ3) is 2.24. The number of nitrogens with one attached hydrogen (secondary N) is 1. The van der Waals surface area contributed by atoms with Crippen LogP contribution in [0.15, 0.2) is 16.9 Å². The van der Waals surface area contributed by atoms with Crippen LogP contribution in [0.1, 0.15) is 5.82 Å². The van der Waals surface area contributed by atoms with Crippen LogP contribution in [0.5, 0.6) is 11.5 Å². The largest absolute Gasteiger partial charge is 0.493 e. The van der Waals surface area contributed by atoms with Crippen molar-refractivity contribution >= 4 is 10.9 Å². The predicted molar refractivity (Wildman–Crippen MR) is 60.3 cm³/mol. The van der Waals surface area contributed by atoms with Crippen molar-refractivity contribution in [3.05, 3.63) is 28.3 Å². The second kappa shape index (κ2) is 4.59. The summed E-state index contributed by atoms with van der Waals surface area (Å²) in [5, 5.41) is 0.164. The van der Waals surface area contributed by atoms with Crippen molar-refractivity contribution in [2.75, 3.05) is 7.11 Å². The summed E-state index contributed by atoms with van der Waals surface area (Å²) in [6.07, 6.45) is 0. The first-order chi connectivity index (χ1) is 8.51. The lowest BCUT2D eigenvalue weighted by molar-refractivity contribution is -0.0511.